The van der Waals surface area contributed by atoms with E-state index >= 15 is 0 Å². The average Bonchev–Trinajstić information content (AvgIpc) is 3.08. The van der Waals surface area contributed by atoms with Crippen molar-refractivity contribution in [3.63, 3.8) is 0 Å². The van der Waals surface area contributed by atoms with Gasteiger partial charge in [-0.25, -0.2) is 0 Å². The number of nitrogens with zero attached hydrogens (tertiary/aromatic N) is 1. The van der Waals surface area contributed by atoms with Crippen molar-refractivity contribution in [2.75, 3.05) is 5.32 Å². The molecule has 106 valence electrons. The largest absolute Gasteiger partial charge is 0.364 e. The summed E-state index contributed by atoms with van der Waals surface area (Å²) in [6.45, 7) is 0. The van der Waals surface area contributed by atoms with Crippen LogP contribution in [0, 0.1) is 0 Å². The van der Waals surface area contributed by atoms with E-state index in [-0.39, 0.29) is 5.91 Å². The Balaban J connectivity index is 1.81. The van der Waals surface area contributed by atoms with E-state index in [2.05, 4.69) is 15.0 Å². The molecule has 0 saturated carbocycles. The lowest BCUT2D eigenvalue weighted by molar-refractivity contribution is 0.102. The second kappa shape index (κ2) is 5.89. The molecule has 1 N–H and O–H groups in total. The molecule has 7 heteroatoms. The third-order valence-corrected chi connectivity index (χ3v) is 4.17. The zero-order valence-electron chi connectivity index (χ0n) is 10.5. The standard InChI is InChI=1S/C14H8Cl2N2O2S/c15-10-3-8(4-11(16)5-10)12-1-2-13(21-12)18-14(19)9-6-17-20-7-9/h1-7H,(H,18,19). The lowest BCUT2D eigenvalue weighted by atomic mass is 10.2. The number of hydrogen-bond donors (Lipinski definition) is 1. The van der Waals surface area contributed by atoms with Crippen molar-refractivity contribution in [3.8, 4) is 10.4 Å². The van der Waals surface area contributed by atoms with Crippen molar-refractivity contribution in [1.82, 2.24) is 5.16 Å². The molecule has 1 aromatic carbocycles. The Kier molecular flexibility index (Phi) is 3.96. The van der Waals surface area contributed by atoms with Crippen molar-refractivity contribution in [2.24, 2.45) is 0 Å². The van der Waals surface area contributed by atoms with Crippen LogP contribution in [0.4, 0.5) is 5.00 Å². The van der Waals surface area contributed by atoms with Gasteiger partial charge in [-0.3, -0.25) is 4.79 Å². The first kappa shape index (κ1) is 14.1. The van der Waals surface area contributed by atoms with Crippen LogP contribution in [-0.4, -0.2) is 11.1 Å². The molecular formula is C14H8Cl2N2O2S. The number of carbonyl (C=O) groups is 1. The third kappa shape index (κ3) is 3.26. The number of rotatable bonds is 3. The molecule has 0 bridgehead atoms. The first-order chi connectivity index (χ1) is 10.1. The van der Waals surface area contributed by atoms with Gasteiger partial charge in [-0.2, -0.15) is 0 Å². The fourth-order valence-electron chi connectivity index (χ4n) is 1.76. The maximum atomic E-state index is 11.9. The summed E-state index contributed by atoms with van der Waals surface area (Å²) in [6, 6.07) is 9.04. The second-order valence-electron chi connectivity index (χ2n) is 4.19. The number of anilines is 1. The van der Waals surface area contributed by atoms with Gasteiger partial charge in [0.1, 0.15) is 6.26 Å². The molecule has 2 heterocycles. The van der Waals surface area contributed by atoms with Crippen LogP contribution < -0.4 is 5.32 Å². The molecule has 0 saturated heterocycles. The third-order valence-electron chi connectivity index (χ3n) is 2.68. The van der Waals surface area contributed by atoms with Crippen LogP contribution in [0.2, 0.25) is 10.0 Å². The van der Waals surface area contributed by atoms with Crippen LogP contribution in [0.15, 0.2) is 47.3 Å². The molecule has 21 heavy (non-hydrogen) atoms. The summed E-state index contributed by atoms with van der Waals surface area (Å²) >= 11 is 13.4. The van der Waals surface area contributed by atoms with Crippen molar-refractivity contribution < 1.29 is 9.32 Å². The van der Waals surface area contributed by atoms with Gasteiger partial charge in [0.2, 0.25) is 0 Å². The van der Waals surface area contributed by atoms with Crippen LogP contribution in [0.25, 0.3) is 10.4 Å². The highest BCUT2D eigenvalue weighted by Gasteiger charge is 2.11. The van der Waals surface area contributed by atoms with Gasteiger partial charge < -0.3 is 9.84 Å². The summed E-state index contributed by atoms with van der Waals surface area (Å²) < 4.78 is 4.64. The SMILES string of the molecule is O=C(Nc1ccc(-c2cc(Cl)cc(Cl)c2)s1)c1cnoc1. The highest BCUT2D eigenvalue weighted by Crippen LogP contribution is 2.34. The van der Waals surface area contributed by atoms with E-state index < -0.39 is 0 Å². The monoisotopic (exact) mass is 338 g/mol. The van der Waals surface area contributed by atoms with E-state index in [0.717, 1.165) is 10.4 Å². The van der Waals surface area contributed by atoms with Crippen LogP contribution in [0.3, 0.4) is 0 Å². The number of carbonyl (C=O) groups excluding carboxylic acids is 1. The number of halogens is 2. The highest BCUT2D eigenvalue weighted by atomic mass is 35.5. The highest BCUT2D eigenvalue weighted by molar-refractivity contribution is 7.19. The van der Waals surface area contributed by atoms with Crippen LogP contribution in [0.5, 0.6) is 0 Å². The zero-order valence-corrected chi connectivity index (χ0v) is 12.8. The summed E-state index contributed by atoms with van der Waals surface area (Å²) in [5.74, 6) is -0.270. The molecule has 3 rings (SSSR count). The minimum Gasteiger partial charge on any atom is -0.364 e. The Hall–Kier alpha value is -1.82. The molecule has 0 radical (unpaired) electrons. The van der Waals surface area contributed by atoms with E-state index in [1.165, 1.54) is 23.8 Å². The van der Waals surface area contributed by atoms with E-state index in [4.69, 9.17) is 23.2 Å². The van der Waals surface area contributed by atoms with E-state index in [0.29, 0.717) is 20.6 Å². The quantitative estimate of drug-likeness (QED) is 0.734. The van der Waals surface area contributed by atoms with Gasteiger partial charge in [0.15, 0.2) is 0 Å². The molecule has 0 aliphatic heterocycles. The first-order valence-corrected chi connectivity index (χ1v) is 7.46. The molecule has 0 atom stereocenters. The molecule has 4 nitrogen and oxygen atoms in total. The van der Waals surface area contributed by atoms with Gasteiger partial charge in [-0.15, -0.1) is 11.3 Å². The maximum absolute atomic E-state index is 11.9. The first-order valence-electron chi connectivity index (χ1n) is 5.89. The number of hydrogen-bond acceptors (Lipinski definition) is 4. The van der Waals surface area contributed by atoms with E-state index in [1.807, 2.05) is 24.3 Å². The fourth-order valence-corrected chi connectivity index (χ4v) is 3.17. The molecule has 3 aromatic rings. The minimum absolute atomic E-state index is 0.270. The fraction of sp³-hybridized carbons (Fsp3) is 0. The predicted octanol–water partition coefficient (Wildman–Crippen LogP) is 4.96. The Morgan fingerprint density at radius 2 is 1.95 bits per heavy atom. The summed E-state index contributed by atoms with van der Waals surface area (Å²) in [7, 11) is 0. The lowest BCUT2D eigenvalue weighted by Gasteiger charge is -2.01. The Morgan fingerprint density at radius 3 is 2.62 bits per heavy atom. The smallest absolute Gasteiger partial charge is 0.261 e. The number of benzene rings is 1. The molecular weight excluding hydrogens is 331 g/mol. The van der Waals surface area contributed by atoms with Gasteiger partial charge in [0, 0.05) is 14.9 Å². The van der Waals surface area contributed by atoms with Gasteiger partial charge in [0.05, 0.1) is 16.8 Å². The Labute approximate surface area is 134 Å². The zero-order chi connectivity index (χ0) is 14.8. The van der Waals surface area contributed by atoms with Crippen LogP contribution in [-0.2, 0) is 0 Å². The second-order valence-corrected chi connectivity index (χ2v) is 6.15. The molecule has 0 fully saturated rings. The van der Waals surface area contributed by atoms with E-state index in [1.54, 1.807) is 6.07 Å². The van der Waals surface area contributed by atoms with Gasteiger partial charge in [-0.05, 0) is 35.9 Å². The molecule has 0 unspecified atom stereocenters. The minimum atomic E-state index is -0.270. The Morgan fingerprint density at radius 1 is 1.19 bits per heavy atom. The van der Waals surface area contributed by atoms with Crippen molar-refractivity contribution in [2.45, 2.75) is 0 Å². The van der Waals surface area contributed by atoms with Crippen molar-refractivity contribution in [3.05, 3.63) is 58.4 Å². The van der Waals surface area contributed by atoms with Crippen molar-refractivity contribution in [1.29, 1.82) is 0 Å². The summed E-state index contributed by atoms with van der Waals surface area (Å²) in [5, 5.41) is 8.13. The number of aromatic nitrogens is 1. The normalized spacial score (nSPS) is 10.6. The Bertz CT molecular complexity index is 764. The summed E-state index contributed by atoms with van der Waals surface area (Å²) in [5.41, 5.74) is 1.28. The van der Waals surface area contributed by atoms with Gasteiger partial charge in [0.25, 0.3) is 5.91 Å². The van der Waals surface area contributed by atoms with Crippen LogP contribution >= 0.6 is 34.5 Å². The molecule has 0 aliphatic rings. The average molecular weight is 339 g/mol. The topological polar surface area (TPSA) is 55.1 Å². The van der Waals surface area contributed by atoms with E-state index in [9.17, 15) is 4.79 Å². The van der Waals surface area contributed by atoms with Gasteiger partial charge in [-0.1, -0.05) is 28.4 Å². The summed E-state index contributed by atoms with van der Waals surface area (Å²) in [6.07, 6.45) is 2.65. The number of nitrogens with one attached hydrogen (secondary N) is 1. The van der Waals surface area contributed by atoms with Gasteiger partial charge >= 0.3 is 0 Å². The lowest BCUT2D eigenvalue weighted by Crippen LogP contribution is -2.09. The maximum Gasteiger partial charge on any atom is 0.261 e. The predicted molar refractivity (Wildman–Crippen MR) is 84.2 cm³/mol. The molecule has 1 amide bonds. The number of thiophene rings is 1. The van der Waals surface area contributed by atoms with Crippen molar-refractivity contribution >= 4 is 45.4 Å². The molecule has 0 aliphatic carbocycles. The number of amides is 1. The molecule has 2 aromatic heterocycles. The molecule has 0 spiro atoms. The summed E-state index contributed by atoms with van der Waals surface area (Å²) in [4.78, 5) is 12.8. The van der Waals surface area contributed by atoms with Crippen LogP contribution in [0.1, 0.15) is 10.4 Å².